The molecule has 2 aromatic heterocycles. The molecule has 170 valence electrons. The Hall–Kier alpha value is -2.41. The van der Waals surface area contributed by atoms with Crippen LogP contribution in [0, 0.1) is 16.7 Å². The molecule has 1 spiro atoms. The lowest BCUT2D eigenvalue weighted by Gasteiger charge is -2.23. The molecule has 1 saturated heterocycles. The molecule has 3 aliphatic rings. The average Bonchev–Trinajstić information content (AvgIpc) is 3.48. The van der Waals surface area contributed by atoms with Gasteiger partial charge in [-0.1, -0.05) is 25.4 Å². The number of anilines is 1. The molecule has 8 heteroatoms. The van der Waals surface area contributed by atoms with Crippen LogP contribution in [0.3, 0.4) is 0 Å². The van der Waals surface area contributed by atoms with Crippen molar-refractivity contribution >= 4 is 29.2 Å². The molecule has 4 heterocycles. The second-order valence-electron chi connectivity index (χ2n) is 10.7. The number of nitrogens with one attached hydrogen (secondary N) is 1. The minimum absolute atomic E-state index is 0.00490. The van der Waals surface area contributed by atoms with Crippen LogP contribution in [0.5, 0.6) is 0 Å². The van der Waals surface area contributed by atoms with Crippen LogP contribution in [-0.4, -0.2) is 44.6 Å². The third-order valence-electron chi connectivity index (χ3n) is 7.53. The van der Waals surface area contributed by atoms with Crippen LogP contribution >= 0.6 is 11.6 Å². The summed E-state index contributed by atoms with van der Waals surface area (Å²) < 4.78 is 2.05. The van der Waals surface area contributed by atoms with Crippen molar-refractivity contribution in [3.05, 3.63) is 29.2 Å². The summed E-state index contributed by atoms with van der Waals surface area (Å²) in [6, 6.07) is 1.86. The van der Waals surface area contributed by atoms with Gasteiger partial charge in [0.1, 0.15) is 5.82 Å². The average molecular weight is 456 g/mol. The zero-order valence-electron chi connectivity index (χ0n) is 18.9. The highest BCUT2D eigenvalue weighted by Gasteiger charge is 2.46. The number of aromatic nitrogens is 3. The molecule has 1 aliphatic carbocycles. The van der Waals surface area contributed by atoms with Crippen LogP contribution in [0.15, 0.2) is 18.5 Å². The summed E-state index contributed by atoms with van der Waals surface area (Å²) >= 11 is 6.50. The zero-order valence-corrected chi connectivity index (χ0v) is 19.7. The number of hydrogen-bond acceptors (Lipinski definition) is 4. The van der Waals surface area contributed by atoms with Crippen LogP contribution in [0.4, 0.5) is 5.82 Å². The molecule has 2 amide bonds. The van der Waals surface area contributed by atoms with E-state index >= 15 is 0 Å². The van der Waals surface area contributed by atoms with E-state index in [1.807, 2.05) is 21.8 Å². The van der Waals surface area contributed by atoms with Gasteiger partial charge in [-0.15, -0.1) is 0 Å². The van der Waals surface area contributed by atoms with Crippen molar-refractivity contribution in [2.75, 3.05) is 18.4 Å². The third-order valence-corrected chi connectivity index (χ3v) is 7.83. The standard InChI is InChI=1S/C24H30ClN5O2/c1-15(31)29-7-6-24(14-29)5-4-16(9-24)22(32)28-21-8-17(19(25)12-26-21)18-11-27-30-13-23(2,3)10-20(18)30/h8,11-12,16H,4-7,9-10,13-14H2,1-3H3,(H,26,28,32)/t16-,24+/m1/s1. The number of likely N-dealkylation sites (tertiary alicyclic amines) is 1. The molecule has 0 aromatic carbocycles. The first-order valence-corrected chi connectivity index (χ1v) is 11.8. The van der Waals surface area contributed by atoms with Crippen LogP contribution in [-0.2, 0) is 22.6 Å². The van der Waals surface area contributed by atoms with Gasteiger partial charge in [0, 0.05) is 55.5 Å². The van der Waals surface area contributed by atoms with Crippen LogP contribution in [0.2, 0.25) is 5.02 Å². The van der Waals surface area contributed by atoms with Crippen LogP contribution in [0.25, 0.3) is 11.1 Å². The zero-order chi connectivity index (χ0) is 22.7. The molecule has 1 saturated carbocycles. The molecule has 0 unspecified atom stereocenters. The number of fused-ring (bicyclic) bond motifs is 1. The summed E-state index contributed by atoms with van der Waals surface area (Å²) in [4.78, 5) is 31.0. The van der Waals surface area contributed by atoms with Crippen molar-refractivity contribution in [1.29, 1.82) is 0 Å². The number of carbonyl (C=O) groups is 2. The molecule has 0 radical (unpaired) electrons. The summed E-state index contributed by atoms with van der Waals surface area (Å²) in [5, 5.41) is 8.12. The second-order valence-corrected chi connectivity index (χ2v) is 11.1. The van der Waals surface area contributed by atoms with E-state index in [1.165, 1.54) is 5.69 Å². The molecule has 2 aliphatic heterocycles. The van der Waals surface area contributed by atoms with E-state index in [9.17, 15) is 9.59 Å². The van der Waals surface area contributed by atoms with Crippen molar-refractivity contribution in [3.8, 4) is 11.1 Å². The fourth-order valence-corrected chi connectivity index (χ4v) is 6.03. The van der Waals surface area contributed by atoms with Gasteiger partial charge in [-0.2, -0.15) is 5.10 Å². The summed E-state index contributed by atoms with van der Waals surface area (Å²) in [6.45, 7) is 8.56. The van der Waals surface area contributed by atoms with E-state index in [0.29, 0.717) is 10.8 Å². The van der Waals surface area contributed by atoms with E-state index < -0.39 is 0 Å². The normalized spacial score (nSPS) is 26.0. The lowest BCUT2D eigenvalue weighted by molar-refractivity contribution is -0.128. The highest BCUT2D eigenvalue weighted by Crippen LogP contribution is 2.48. The Morgan fingerprint density at radius 2 is 2.00 bits per heavy atom. The van der Waals surface area contributed by atoms with Gasteiger partial charge >= 0.3 is 0 Å². The molecular formula is C24H30ClN5O2. The lowest BCUT2D eigenvalue weighted by Crippen LogP contribution is -2.30. The Morgan fingerprint density at radius 3 is 2.75 bits per heavy atom. The molecule has 0 bridgehead atoms. The van der Waals surface area contributed by atoms with Crippen molar-refractivity contribution in [2.45, 2.75) is 59.4 Å². The van der Waals surface area contributed by atoms with Gasteiger partial charge < -0.3 is 10.2 Å². The third kappa shape index (κ3) is 3.81. The fraction of sp³-hybridized carbons (Fsp3) is 0.583. The SMILES string of the molecule is CC(=O)N1CC[C@]2(CC[C@@H](C(=O)Nc3cc(-c4cnn5c4CC(C)(C)C5)c(Cl)cn3)C2)C1. The number of carbonyl (C=O) groups excluding carboxylic acids is 2. The maximum absolute atomic E-state index is 13.0. The number of halogens is 1. The van der Waals surface area contributed by atoms with Gasteiger partial charge in [0.25, 0.3) is 0 Å². The summed E-state index contributed by atoms with van der Waals surface area (Å²) in [7, 11) is 0. The van der Waals surface area contributed by atoms with Gasteiger partial charge in [0.05, 0.1) is 11.2 Å². The maximum Gasteiger partial charge on any atom is 0.228 e. The Labute approximate surface area is 193 Å². The Bertz CT molecular complexity index is 1090. The second kappa shape index (κ2) is 7.58. The minimum atomic E-state index is -0.0518. The van der Waals surface area contributed by atoms with Crippen molar-refractivity contribution in [2.24, 2.45) is 16.7 Å². The van der Waals surface area contributed by atoms with Crippen LogP contribution < -0.4 is 5.32 Å². The largest absolute Gasteiger partial charge is 0.342 e. The molecule has 32 heavy (non-hydrogen) atoms. The van der Waals surface area contributed by atoms with Crippen LogP contribution in [0.1, 0.15) is 52.1 Å². The summed E-state index contributed by atoms with van der Waals surface area (Å²) in [6.07, 6.45) is 8.06. The molecule has 2 fully saturated rings. The Balaban J connectivity index is 1.31. The monoisotopic (exact) mass is 455 g/mol. The highest BCUT2D eigenvalue weighted by atomic mass is 35.5. The van der Waals surface area contributed by atoms with E-state index in [1.54, 1.807) is 13.1 Å². The molecule has 2 atom stereocenters. The number of pyridine rings is 1. The smallest absolute Gasteiger partial charge is 0.228 e. The van der Waals surface area contributed by atoms with E-state index in [-0.39, 0.29) is 28.6 Å². The van der Waals surface area contributed by atoms with Gasteiger partial charge in [0.15, 0.2) is 0 Å². The predicted molar refractivity (Wildman–Crippen MR) is 123 cm³/mol. The van der Waals surface area contributed by atoms with Crippen molar-refractivity contribution in [3.63, 3.8) is 0 Å². The number of rotatable bonds is 3. The van der Waals surface area contributed by atoms with E-state index in [0.717, 1.165) is 62.9 Å². The number of amides is 2. The Morgan fingerprint density at radius 1 is 1.19 bits per heavy atom. The molecule has 2 aromatic rings. The predicted octanol–water partition coefficient (Wildman–Crippen LogP) is 4.16. The molecule has 1 N–H and O–H groups in total. The first kappa shape index (κ1) is 21.4. The van der Waals surface area contributed by atoms with Crippen molar-refractivity contribution in [1.82, 2.24) is 19.7 Å². The lowest BCUT2D eigenvalue weighted by atomic mass is 9.84. The Kier molecular flexibility index (Phi) is 5.08. The van der Waals surface area contributed by atoms with Gasteiger partial charge in [-0.3, -0.25) is 14.3 Å². The first-order chi connectivity index (χ1) is 15.1. The molecule has 7 nitrogen and oxygen atoms in total. The van der Waals surface area contributed by atoms with Gasteiger partial charge in [-0.25, -0.2) is 4.98 Å². The van der Waals surface area contributed by atoms with Gasteiger partial charge in [-0.05, 0) is 49.0 Å². The highest BCUT2D eigenvalue weighted by molar-refractivity contribution is 6.33. The van der Waals surface area contributed by atoms with E-state index in [2.05, 4.69) is 29.2 Å². The quantitative estimate of drug-likeness (QED) is 0.753. The topological polar surface area (TPSA) is 80.1 Å². The number of nitrogens with zero attached hydrogens (tertiary/aromatic N) is 4. The first-order valence-electron chi connectivity index (χ1n) is 11.4. The minimum Gasteiger partial charge on any atom is -0.342 e. The number of hydrogen-bond donors (Lipinski definition) is 1. The molecular weight excluding hydrogens is 426 g/mol. The summed E-state index contributed by atoms with van der Waals surface area (Å²) in [5.74, 6) is 0.598. The fourth-order valence-electron chi connectivity index (χ4n) is 5.82. The summed E-state index contributed by atoms with van der Waals surface area (Å²) in [5.41, 5.74) is 3.30. The maximum atomic E-state index is 13.0. The van der Waals surface area contributed by atoms with E-state index in [4.69, 9.17) is 11.6 Å². The van der Waals surface area contributed by atoms with Gasteiger partial charge in [0.2, 0.25) is 11.8 Å². The van der Waals surface area contributed by atoms with Crippen molar-refractivity contribution < 1.29 is 9.59 Å². The molecule has 5 rings (SSSR count).